The Labute approximate surface area is 267 Å². The summed E-state index contributed by atoms with van der Waals surface area (Å²) in [6, 6.07) is 19.7. The summed E-state index contributed by atoms with van der Waals surface area (Å²) in [4.78, 5) is 29.6. The lowest BCUT2D eigenvalue weighted by Gasteiger charge is -2.36. The van der Waals surface area contributed by atoms with Gasteiger partial charge in [-0.25, -0.2) is 13.2 Å². The fourth-order valence-corrected chi connectivity index (χ4v) is 5.57. The zero-order valence-corrected chi connectivity index (χ0v) is 26.0. The van der Waals surface area contributed by atoms with Gasteiger partial charge in [-0.2, -0.15) is 0 Å². The van der Waals surface area contributed by atoms with Crippen LogP contribution in [-0.2, 0) is 16.0 Å². The maximum atomic E-state index is 14.0. The van der Waals surface area contributed by atoms with Gasteiger partial charge in [-0.05, 0) is 90.9 Å². The van der Waals surface area contributed by atoms with Crippen molar-refractivity contribution in [1.29, 1.82) is 0 Å². The number of aryl methyl sites for hydroxylation is 2. The number of hydrogen-bond acceptors (Lipinski definition) is 5. The van der Waals surface area contributed by atoms with E-state index in [9.17, 15) is 22.8 Å². The highest BCUT2D eigenvalue weighted by atomic mass is 19.1. The van der Waals surface area contributed by atoms with Gasteiger partial charge in [-0.1, -0.05) is 36.4 Å². The van der Waals surface area contributed by atoms with E-state index in [1.807, 2.05) is 42.2 Å². The molecular formula is C36H39F3N4O3. The van der Waals surface area contributed by atoms with Crippen LogP contribution in [0.15, 0.2) is 85.2 Å². The number of aromatic nitrogens is 1. The molecule has 1 aliphatic rings. The maximum absolute atomic E-state index is 14.0. The van der Waals surface area contributed by atoms with E-state index in [-0.39, 0.29) is 48.3 Å². The largest absolute Gasteiger partial charge is 0.484 e. The number of primary amides is 1. The molecule has 46 heavy (non-hydrogen) atoms. The van der Waals surface area contributed by atoms with Crippen LogP contribution in [0.4, 0.5) is 13.2 Å². The normalized spacial score (nSPS) is 15.0. The summed E-state index contributed by atoms with van der Waals surface area (Å²) < 4.78 is 46.1. The number of nitrogens with two attached hydrogens (primary N) is 1. The summed E-state index contributed by atoms with van der Waals surface area (Å²) in [6.07, 6.45) is 4.25. The van der Waals surface area contributed by atoms with Crippen LogP contribution in [0, 0.1) is 31.3 Å². The lowest BCUT2D eigenvalue weighted by molar-refractivity contribution is -0.136. The van der Waals surface area contributed by atoms with Gasteiger partial charge < -0.3 is 20.7 Å². The van der Waals surface area contributed by atoms with Gasteiger partial charge in [0.05, 0.1) is 6.20 Å². The molecule has 1 aliphatic heterocycles. The average molecular weight is 633 g/mol. The van der Waals surface area contributed by atoms with Crippen LogP contribution in [0.25, 0.3) is 0 Å². The predicted molar refractivity (Wildman–Crippen MR) is 171 cm³/mol. The van der Waals surface area contributed by atoms with E-state index in [1.165, 1.54) is 30.5 Å². The van der Waals surface area contributed by atoms with Crippen molar-refractivity contribution in [2.75, 3.05) is 26.2 Å². The first-order valence-electron chi connectivity index (χ1n) is 15.2. The number of para-hydroxylation sites is 1. The number of nitrogens with zero attached hydrogens (tertiary/aromatic N) is 2. The minimum absolute atomic E-state index is 0.0170. The van der Waals surface area contributed by atoms with E-state index in [2.05, 4.69) is 10.3 Å². The third-order valence-corrected chi connectivity index (χ3v) is 7.87. The molecule has 1 saturated heterocycles. The predicted octanol–water partition coefficient (Wildman–Crippen LogP) is 5.62. The van der Waals surface area contributed by atoms with Crippen molar-refractivity contribution in [3.05, 3.63) is 130 Å². The zero-order valence-electron chi connectivity index (χ0n) is 26.0. The van der Waals surface area contributed by atoms with E-state index in [0.29, 0.717) is 42.8 Å². The Morgan fingerprint density at radius 2 is 1.72 bits per heavy atom. The van der Waals surface area contributed by atoms with Crippen molar-refractivity contribution >= 4 is 11.8 Å². The summed E-state index contributed by atoms with van der Waals surface area (Å²) >= 11 is 0. The number of carbonyl (C=O) groups is 2. The molecule has 3 aromatic carbocycles. The Hall–Kier alpha value is -4.70. The third-order valence-electron chi connectivity index (χ3n) is 7.87. The fourth-order valence-electron chi connectivity index (χ4n) is 5.57. The van der Waals surface area contributed by atoms with Gasteiger partial charge in [-0.15, -0.1) is 0 Å². The molecule has 0 spiro atoms. The molecule has 0 aliphatic carbocycles. The second kappa shape index (κ2) is 16.6. The number of amides is 2. The molecule has 4 aromatic rings. The molecule has 7 nitrogen and oxygen atoms in total. The number of piperazine rings is 1. The lowest BCUT2D eigenvalue weighted by atomic mass is 9.87. The van der Waals surface area contributed by atoms with Gasteiger partial charge in [0.25, 0.3) is 5.91 Å². The van der Waals surface area contributed by atoms with Gasteiger partial charge in [0.2, 0.25) is 5.91 Å². The highest BCUT2D eigenvalue weighted by Gasteiger charge is 2.27. The van der Waals surface area contributed by atoms with Gasteiger partial charge >= 0.3 is 0 Å². The van der Waals surface area contributed by atoms with Crippen molar-refractivity contribution in [3.8, 4) is 5.75 Å². The number of carbonyl (C=O) groups excluding carboxylic acids is 2. The van der Waals surface area contributed by atoms with Crippen LogP contribution in [0.2, 0.25) is 0 Å². The zero-order chi connectivity index (χ0) is 33.1. The molecule has 0 radical (unpaired) electrons. The number of nitrogens with one attached hydrogen (secondary N) is 1. The van der Waals surface area contributed by atoms with Gasteiger partial charge in [0, 0.05) is 44.2 Å². The summed E-state index contributed by atoms with van der Waals surface area (Å²) in [6.45, 7) is 5.77. The van der Waals surface area contributed by atoms with E-state index in [4.69, 9.17) is 10.5 Å². The molecular weight excluding hydrogens is 593 g/mol. The smallest absolute Gasteiger partial charge is 0.260 e. The molecule has 3 N–H and O–H groups in total. The van der Waals surface area contributed by atoms with Gasteiger partial charge in [0.1, 0.15) is 23.2 Å². The topological polar surface area (TPSA) is 97.5 Å². The van der Waals surface area contributed by atoms with E-state index in [1.54, 1.807) is 31.3 Å². The monoisotopic (exact) mass is 632 g/mol. The summed E-state index contributed by atoms with van der Waals surface area (Å²) in [5.74, 6) is -1.21. The first kappa shape index (κ1) is 34.2. The first-order chi connectivity index (χ1) is 22.1. The highest BCUT2D eigenvalue weighted by Crippen LogP contribution is 2.29. The molecule has 10 heteroatoms. The molecule has 2 atom stereocenters. The Kier molecular flexibility index (Phi) is 12.3. The lowest BCUT2D eigenvalue weighted by Crippen LogP contribution is -2.54. The van der Waals surface area contributed by atoms with Crippen molar-refractivity contribution in [1.82, 2.24) is 15.2 Å². The van der Waals surface area contributed by atoms with Crippen LogP contribution < -0.4 is 15.8 Å². The van der Waals surface area contributed by atoms with E-state index < -0.39 is 5.91 Å². The average Bonchev–Trinajstić information content (AvgIpc) is 3.03. The van der Waals surface area contributed by atoms with E-state index in [0.717, 1.165) is 23.2 Å². The van der Waals surface area contributed by atoms with Crippen molar-refractivity contribution in [2.45, 2.75) is 45.1 Å². The quantitative estimate of drug-likeness (QED) is 0.237. The maximum Gasteiger partial charge on any atom is 0.260 e. The first-order valence-corrected chi connectivity index (χ1v) is 15.2. The number of halogens is 3. The van der Waals surface area contributed by atoms with Crippen LogP contribution in [0.1, 0.15) is 46.6 Å². The highest BCUT2D eigenvalue weighted by molar-refractivity contribution is 5.78. The van der Waals surface area contributed by atoms with Crippen molar-refractivity contribution in [2.24, 2.45) is 5.73 Å². The third kappa shape index (κ3) is 9.90. The standard InChI is InChI=1S/C20H24FN3O2.C16H15F2NO/c1-15-11-23-13-19(21)18(15)8-7-16-12-22-9-10-24(16)20(25)14-26-17-5-3-2-4-6-17;1-10-6-12(8-14(18)7-10)15(9-16(19)20)11-2-4-13(17)5-3-11/h2-6,11,13,16,22H,7-10,12,14H2,1H3;2-8,15H,9H2,1H3,(H2,19,20)/t16-;15-/m00/s1. The number of rotatable bonds is 10. The molecule has 0 saturated carbocycles. The van der Waals surface area contributed by atoms with Crippen molar-refractivity contribution in [3.63, 3.8) is 0 Å². The van der Waals surface area contributed by atoms with Crippen molar-refractivity contribution < 1.29 is 27.5 Å². The molecule has 1 fully saturated rings. The second-order valence-electron chi connectivity index (χ2n) is 11.3. The van der Waals surface area contributed by atoms with Crippen LogP contribution in [0.5, 0.6) is 5.75 Å². The SMILES string of the molecule is Cc1cc(F)cc([C@@H](CC(N)=O)c2ccc(F)cc2)c1.Cc1cncc(F)c1CC[C@H]1CNCCN1C(=O)COc1ccccc1. The number of benzene rings is 3. The molecule has 0 bridgehead atoms. The molecule has 2 heterocycles. The van der Waals surface area contributed by atoms with Crippen LogP contribution in [-0.4, -0.2) is 54.0 Å². The summed E-state index contributed by atoms with van der Waals surface area (Å²) in [5, 5.41) is 3.32. The number of pyridine rings is 1. The van der Waals surface area contributed by atoms with Gasteiger partial charge in [0.15, 0.2) is 6.61 Å². The Morgan fingerprint density at radius 3 is 2.39 bits per heavy atom. The Morgan fingerprint density at radius 1 is 0.978 bits per heavy atom. The Bertz CT molecular complexity index is 1560. The Balaban J connectivity index is 0.000000216. The molecule has 2 amide bonds. The minimum Gasteiger partial charge on any atom is -0.484 e. The minimum atomic E-state index is -0.485. The molecule has 1 aromatic heterocycles. The van der Waals surface area contributed by atoms with Crippen LogP contribution >= 0.6 is 0 Å². The number of ether oxygens (including phenoxy) is 1. The fraction of sp³-hybridized carbons (Fsp3) is 0.306. The summed E-state index contributed by atoms with van der Waals surface area (Å²) in [7, 11) is 0. The molecule has 242 valence electrons. The van der Waals surface area contributed by atoms with Gasteiger partial charge in [-0.3, -0.25) is 14.6 Å². The molecule has 0 unspecified atom stereocenters. The summed E-state index contributed by atoms with van der Waals surface area (Å²) in [5.41, 5.74) is 8.95. The number of hydrogen-bond donors (Lipinski definition) is 2. The second-order valence-corrected chi connectivity index (χ2v) is 11.3. The molecule has 5 rings (SSSR count). The van der Waals surface area contributed by atoms with Crippen LogP contribution in [0.3, 0.4) is 0 Å². The van der Waals surface area contributed by atoms with E-state index >= 15 is 0 Å².